The van der Waals surface area contributed by atoms with E-state index in [1.165, 1.54) is 6.92 Å². The Morgan fingerprint density at radius 2 is 1.72 bits per heavy atom. The molecular formula is C21H32F2N2O4. The minimum absolute atomic E-state index is 0.133. The van der Waals surface area contributed by atoms with Crippen molar-refractivity contribution in [2.75, 3.05) is 6.54 Å². The lowest BCUT2D eigenvalue weighted by molar-refractivity contribution is -0.151. The summed E-state index contributed by atoms with van der Waals surface area (Å²) in [6.45, 7) is 5.56. The summed E-state index contributed by atoms with van der Waals surface area (Å²) in [6, 6.07) is -0.133. The lowest BCUT2D eigenvalue weighted by Gasteiger charge is -2.58. The van der Waals surface area contributed by atoms with Crippen LogP contribution in [0.15, 0.2) is 0 Å². The molecule has 4 aliphatic carbocycles. The van der Waals surface area contributed by atoms with Gasteiger partial charge >= 0.3 is 6.09 Å². The van der Waals surface area contributed by atoms with Crippen molar-refractivity contribution >= 4 is 12.0 Å². The van der Waals surface area contributed by atoms with Crippen molar-refractivity contribution in [3.63, 3.8) is 0 Å². The second kappa shape index (κ2) is 6.28. The number of hydrogen-bond donors (Lipinski definition) is 2. The number of amides is 2. The van der Waals surface area contributed by atoms with Crippen molar-refractivity contribution < 1.29 is 28.2 Å². The number of rotatable bonds is 2. The molecule has 2 amide bonds. The molecule has 1 saturated heterocycles. The van der Waals surface area contributed by atoms with Crippen LogP contribution in [0.3, 0.4) is 0 Å². The first-order valence-electron chi connectivity index (χ1n) is 10.6. The van der Waals surface area contributed by atoms with Crippen molar-refractivity contribution in [2.24, 2.45) is 17.8 Å². The molecule has 3 atom stereocenters. The molecule has 0 aromatic carbocycles. The average molecular weight is 414 g/mol. The van der Waals surface area contributed by atoms with Crippen LogP contribution in [-0.2, 0) is 9.53 Å². The highest BCUT2D eigenvalue weighted by molar-refractivity contribution is 5.90. The molecule has 164 valence electrons. The maximum atomic E-state index is 14.3. The molecule has 5 fully saturated rings. The number of carbonyl (C=O) groups excluding carboxylic acids is 2. The van der Waals surface area contributed by atoms with Gasteiger partial charge in [-0.2, -0.15) is 0 Å². The lowest BCUT2D eigenvalue weighted by Crippen LogP contribution is -2.65. The molecule has 0 spiro atoms. The molecule has 5 rings (SSSR count). The third-order valence-electron chi connectivity index (χ3n) is 7.23. The quantitative estimate of drug-likeness (QED) is 0.728. The molecule has 5 aliphatic rings. The topological polar surface area (TPSA) is 78.9 Å². The standard InChI is InChI=1S/C21H32F2N2O4/c1-18(2,3)29-17(27)25-11-21(22,23)10-19(25,4)16(26)24-15-13-5-12-6-14(15)9-20(28,7-12)8-13/h12-15,28H,5-11H2,1-4H3,(H,24,26). The molecule has 8 heteroatoms. The van der Waals surface area contributed by atoms with E-state index in [1.807, 2.05) is 0 Å². The molecule has 1 aliphatic heterocycles. The summed E-state index contributed by atoms with van der Waals surface area (Å²) in [5.41, 5.74) is -3.15. The fraction of sp³-hybridized carbons (Fsp3) is 0.905. The first-order chi connectivity index (χ1) is 13.2. The zero-order chi connectivity index (χ0) is 21.4. The third kappa shape index (κ3) is 3.73. The van der Waals surface area contributed by atoms with Gasteiger partial charge in [0.15, 0.2) is 0 Å². The van der Waals surface area contributed by atoms with Gasteiger partial charge in [0, 0.05) is 12.5 Å². The van der Waals surface area contributed by atoms with Crippen LogP contribution in [0, 0.1) is 17.8 Å². The van der Waals surface area contributed by atoms with Crippen LogP contribution in [0.5, 0.6) is 0 Å². The maximum Gasteiger partial charge on any atom is 0.411 e. The minimum atomic E-state index is -3.15. The monoisotopic (exact) mass is 414 g/mol. The molecule has 1 heterocycles. The molecule has 0 aromatic rings. The average Bonchev–Trinajstić information content (AvgIpc) is 2.78. The van der Waals surface area contributed by atoms with E-state index in [4.69, 9.17) is 4.74 Å². The number of likely N-dealkylation sites (tertiary alicyclic amines) is 1. The van der Waals surface area contributed by atoms with E-state index in [0.29, 0.717) is 18.8 Å². The molecule has 4 saturated carbocycles. The van der Waals surface area contributed by atoms with Gasteiger partial charge in [-0.05, 0) is 77.6 Å². The summed E-state index contributed by atoms with van der Waals surface area (Å²) in [4.78, 5) is 26.7. The summed E-state index contributed by atoms with van der Waals surface area (Å²) in [6.07, 6.45) is 2.41. The van der Waals surface area contributed by atoms with E-state index < -0.39 is 47.6 Å². The highest BCUT2D eigenvalue weighted by Gasteiger charge is 2.61. The van der Waals surface area contributed by atoms with E-state index >= 15 is 0 Å². The largest absolute Gasteiger partial charge is 0.444 e. The normalized spacial score (nSPS) is 42.8. The van der Waals surface area contributed by atoms with Gasteiger partial charge in [-0.3, -0.25) is 9.69 Å². The number of aliphatic hydroxyl groups is 1. The van der Waals surface area contributed by atoms with E-state index in [-0.39, 0.29) is 17.9 Å². The van der Waals surface area contributed by atoms with Crippen molar-refractivity contribution in [3.05, 3.63) is 0 Å². The summed E-state index contributed by atoms with van der Waals surface area (Å²) in [5, 5.41) is 13.7. The van der Waals surface area contributed by atoms with Crippen molar-refractivity contribution in [1.29, 1.82) is 0 Å². The summed E-state index contributed by atoms with van der Waals surface area (Å²) >= 11 is 0. The molecule has 3 unspecified atom stereocenters. The summed E-state index contributed by atoms with van der Waals surface area (Å²) in [5.74, 6) is -2.89. The van der Waals surface area contributed by atoms with E-state index in [9.17, 15) is 23.5 Å². The Morgan fingerprint density at radius 1 is 1.14 bits per heavy atom. The Bertz CT molecular complexity index is 706. The summed E-state index contributed by atoms with van der Waals surface area (Å²) < 4.78 is 33.9. The van der Waals surface area contributed by atoms with Gasteiger partial charge in [0.05, 0.1) is 12.1 Å². The Morgan fingerprint density at radius 3 is 2.24 bits per heavy atom. The zero-order valence-corrected chi connectivity index (χ0v) is 17.6. The van der Waals surface area contributed by atoms with Crippen molar-refractivity contribution in [1.82, 2.24) is 10.2 Å². The van der Waals surface area contributed by atoms with Gasteiger partial charge in [0.1, 0.15) is 11.1 Å². The number of halogens is 2. The van der Waals surface area contributed by atoms with Gasteiger partial charge < -0.3 is 15.2 Å². The second-order valence-electron chi connectivity index (χ2n) is 11.1. The van der Waals surface area contributed by atoms with E-state index in [0.717, 1.165) is 24.2 Å². The number of ether oxygens (including phenoxy) is 1. The SMILES string of the molecule is CC(C)(C)OC(=O)N1CC(F)(F)CC1(C)C(=O)NC1C2CC3CC1CC(O)(C3)C2. The number of nitrogens with one attached hydrogen (secondary N) is 1. The first kappa shape index (κ1) is 20.8. The van der Waals surface area contributed by atoms with Crippen LogP contribution in [0.4, 0.5) is 13.6 Å². The van der Waals surface area contributed by atoms with Crippen LogP contribution < -0.4 is 5.32 Å². The van der Waals surface area contributed by atoms with Gasteiger partial charge in [0.2, 0.25) is 5.91 Å². The Kier molecular flexibility index (Phi) is 4.51. The fourth-order valence-electron chi connectivity index (χ4n) is 6.37. The zero-order valence-electron chi connectivity index (χ0n) is 17.6. The van der Waals surface area contributed by atoms with Crippen LogP contribution in [0.2, 0.25) is 0 Å². The lowest BCUT2D eigenvalue weighted by atomic mass is 9.52. The van der Waals surface area contributed by atoms with Crippen LogP contribution in [0.25, 0.3) is 0 Å². The van der Waals surface area contributed by atoms with Crippen LogP contribution in [-0.4, -0.2) is 57.3 Å². The smallest absolute Gasteiger partial charge is 0.411 e. The Labute approximate surface area is 170 Å². The van der Waals surface area contributed by atoms with E-state index in [1.54, 1.807) is 20.8 Å². The second-order valence-corrected chi connectivity index (χ2v) is 11.1. The first-order valence-corrected chi connectivity index (χ1v) is 10.6. The molecule has 0 radical (unpaired) electrons. The Hall–Kier alpha value is -1.44. The van der Waals surface area contributed by atoms with Gasteiger partial charge in [0.25, 0.3) is 5.92 Å². The Balaban J connectivity index is 1.52. The maximum absolute atomic E-state index is 14.3. The van der Waals surface area contributed by atoms with E-state index in [2.05, 4.69) is 5.32 Å². The van der Waals surface area contributed by atoms with Crippen molar-refractivity contribution in [3.8, 4) is 0 Å². The highest BCUT2D eigenvalue weighted by Crippen LogP contribution is 2.56. The van der Waals surface area contributed by atoms with Crippen LogP contribution in [0.1, 0.15) is 66.2 Å². The van der Waals surface area contributed by atoms with Crippen LogP contribution >= 0.6 is 0 Å². The van der Waals surface area contributed by atoms with Crippen molar-refractivity contribution in [2.45, 2.75) is 94.9 Å². The van der Waals surface area contributed by atoms with Gasteiger partial charge in [-0.1, -0.05) is 0 Å². The molecule has 2 N–H and O–H groups in total. The number of nitrogens with zero attached hydrogens (tertiary/aromatic N) is 1. The fourth-order valence-corrected chi connectivity index (χ4v) is 6.37. The summed E-state index contributed by atoms with van der Waals surface area (Å²) in [7, 11) is 0. The third-order valence-corrected chi connectivity index (χ3v) is 7.23. The predicted octanol–water partition coefficient (Wildman–Crippen LogP) is 3.08. The number of alkyl halides is 2. The molecule has 29 heavy (non-hydrogen) atoms. The molecule has 0 aromatic heterocycles. The molecule has 6 nitrogen and oxygen atoms in total. The van der Waals surface area contributed by atoms with Gasteiger partial charge in [-0.15, -0.1) is 0 Å². The highest BCUT2D eigenvalue weighted by atomic mass is 19.3. The number of carbonyl (C=O) groups is 2. The minimum Gasteiger partial charge on any atom is -0.444 e. The number of hydrogen-bond acceptors (Lipinski definition) is 4. The van der Waals surface area contributed by atoms with Gasteiger partial charge in [-0.25, -0.2) is 13.6 Å². The molecule has 4 bridgehead atoms. The molecular weight excluding hydrogens is 382 g/mol. The predicted molar refractivity (Wildman–Crippen MR) is 101 cm³/mol.